The third-order valence-corrected chi connectivity index (χ3v) is 4.23. The van der Waals surface area contributed by atoms with Crippen molar-refractivity contribution in [3.05, 3.63) is 88.7 Å². The third kappa shape index (κ3) is 2.46. The number of benzene rings is 2. The molecule has 1 aliphatic rings. The number of carbonyl (C=O) groups is 3. The summed E-state index contributed by atoms with van der Waals surface area (Å²) in [5, 5.41) is 8.70. The highest BCUT2D eigenvalue weighted by Crippen LogP contribution is 2.35. The van der Waals surface area contributed by atoms with E-state index in [0.29, 0.717) is 39.3 Å². The molecule has 2 aromatic carbocycles. The topological polar surface area (TPSA) is 84.6 Å². The largest absolute Gasteiger partial charge is 0.478 e. The van der Waals surface area contributed by atoms with Crippen LogP contribution in [0.4, 0.5) is 0 Å². The van der Waals surface area contributed by atoms with Crippen LogP contribution in [0.1, 0.15) is 37.6 Å². The van der Waals surface area contributed by atoms with Gasteiger partial charge in [-0.25, -0.2) is 4.79 Å². The van der Waals surface area contributed by atoms with Crippen LogP contribution in [0.3, 0.4) is 0 Å². The van der Waals surface area contributed by atoms with Crippen molar-refractivity contribution in [2.75, 3.05) is 0 Å². The molecule has 0 unspecified atom stereocenters. The maximum absolute atomic E-state index is 13.0. The number of carboxylic acid groups (broad SMARTS) is 1. The molecule has 0 amide bonds. The number of hydrogen-bond acceptors (Lipinski definition) is 4. The van der Waals surface area contributed by atoms with Gasteiger partial charge in [-0.05, 0) is 18.2 Å². The van der Waals surface area contributed by atoms with Crippen LogP contribution in [0.15, 0.2) is 65.1 Å². The van der Waals surface area contributed by atoms with E-state index in [-0.39, 0.29) is 11.6 Å². The second-order valence-electron chi connectivity index (χ2n) is 5.81. The summed E-state index contributed by atoms with van der Waals surface area (Å²) in [5.41, 5.74) is 1.91. The number of ketones is 2. The molecule has 1 N–H and O–H groups in total. The van der Waals surface area contributed by atoms with E-state index in [9.17, 15) is 14.4 Å². The highest BCUT2D eigenvalue weighted by atomic mass is 16.4. The lowest BCUT2D eigenvalue weighted by molar-refractivity contribution is -0.131. The van der Waals surface area contributed by atoms with Crippen LogP contribution in [-0.2, 0) is 4.79 Å². The first kappa shape index (κ1) is 15.8. The maximum atomic E-state index is 13.0. The van der Waals surface area contributed by atoms with Crippen LogP contribution in [0.25, 0.3) is 17.4 Å². The van der Waals surface area contributed by atoms with Crippen molar-refractivity contribution in [1.82, 2.24) is 0 Å². The Labute approximate surface area is 148 Å². The Morgan fingerprint density at radius 2 is 1.46 bits per heavy atom. The Bertz CT molecular complexity index is 1100. The molecule has 3 aromatic rings. The van der Waals surface area contributed by atoms with Crippen molar-refractivity contribution in [3.8, 4) is 11.3 Å². The number of hydrogen-bond donors (Lipinski definition) is 1. The van der Waals surface area contributed by atoms with Gasteiger partial charge in [-0.2, -0.15) is 0 Å². The first-order valence-electron chi connectivity index (χ1n) is 7.89. The zero-order valence-corrected chi connectivity index (χ0v) is 13.4. The van der Waals surface area contributed by atoms with E-state index in [0.717, 1.165) is 6.08 Å². The van der Waals surface area contributed by atoms with Gasteiger partial charge in [0, 0.05) is 33.9 Å². The summed E-state index contributed by atoms with van der Waals surface area (Å²) >= 11 is 0. The minimum absolute atomic E-state index is 0.199. The van der Waals surface area contributed by atoms with Gasteiger partial charge in [0.15, 0.2) is 11.6 Å². The molecule has 1 aliphatic carbocycles. The predicted octanol–water partition coefficient (Wildman–Crippen LogP) is 3.82. The highest BCUT2D eigenvalue weighted by Gasteiger charge is 2.32. The van der Waals surface area contributed by atoms with Gasteiger partial charge in [0.05, 0.1) is 0 Å². The van der Waals surface area contributed by atoms with Crippen LogP contribution in [0.5, 0.6) is 0 Å². The Morgan fingerprint density at radius 3 is 2.19 bits per heavy atom. The molecule has 4 rings (SSSR count). The standard InChI is InChI=1S/C21H12O5/c22-18(23)11-9-12-8-10-17(26-12)15-6-3-7-16-19(15)21(25)14-5-2-1-4-13(14)20(16)24/h1-11H,(H,22,23)/b11-9+. The second kappa shape index (κ2) is 5.97. The molecule has 0 aliphatic heterocycles. The molecule has 0 saturated carbocycles. The second-order valence-corrected chi connectivity index (χ2v) is 5.81. The van der Waals surface area contributed by atoms with E-state index in [1.54, 1.807) is 54.6 Å². The summed E-state index contributed by atoms with van der Waals surface area (Å²) in [6.45, 7) is 0. The zero-order valence-electron chi connectivity index (χ0n) is 13.4. The highest BCUT2D eigenvalue weighted by molar-refractivity contribution is 6.30. The first-order chi connectivity index (χ1) is 12.6. The summed E-state index contributed by atoms with van der Waals surface area (Å²) in [4.78, 5) is 36.4. The molecule has 5 heteroatoms. The number of rotatable bonds is 3. The van der Waals surface area contributed by atoms with Crippen molar-refractivity contribution in [2.24, 2.45) is 0 Å². The SMILES string of the molecule is O=C(O)/C=C/c1ccc(-c2cccc3c2C(=O)c2ccccc2C3=O)o1. The fourth-order valence-corrected chi connectivity index (χ4v) is 3.09. The van der Waals surface area contributed by atoms with Gasteiger partial charge >= 0.3 is 5.97 Å². The molecule has 0 bridgehead atoms. The summed E-state index contributed by atoms with van der Waals surface area (Å²) in [7, 11) is 0. The Kier molecular flexibility index (Phi) is 3.62. The first-order valence-corrected chi connectivity index (χ1v) is 7.89. The van der Waals surface area contributed by atoms with Gasteiger partial charge in [0.1, 0.15) is 11.5 Å². The van der Waals surface area contributed by atoms with E-state index >= 15 is 0 Å². The Balaban J connectivity index is 1.85. The summed E-state index contributed by atoms with van der Waals surface area (Å²) in [6, 6.07) is 15.0. The number of fused-ring (bicyclic) bond motifs is 2. The van der Waals surface area contributed by atoms with Crippen LogP contribution < -0.4 is 0 Å². The monoisotopic (exact) mass is 344 g/mol. The minimum Gasteiger partial charge on any atom is -0.478 e. The fraction of sp³-hybridized carbons (Fsp3) is 0. The molecule has 5 nitrogen and oxygen atoms in total. The van der Waals surface area contributed by atoms with E-state index in [1.165, 1.54) is 6.08 Å². The molecule has 1 heterocycles. The van der Waals surface area contributed by atoms with E-state index in [4.69, 9.17) is 9.52 Å². The smallest absolute Gasteiger partial charge is 0.328 e. The van der Waals surface area contributed by atoms with Crippen LogP contribution in [-0.4, -0.2) is 22.6 Å². The van der Waals surface area contributed by atoms with Crippen molar-refractivity contribution in [2.45, 2.75) is 0 Å². The zero-order chi connectivity index (χ0) is 18.3. The molecule has 26 heavy (non-hydrogen) atoms. The molecular weight excluding hydrogens is 332 g/mol. The van der Waals surface area contributed by atoms with E-state index in [2.05, 4.69) is 0 Å². The lowest BCUT2D eigenvalue weighted by atomic mass is 9.81. The normalized spacial score (nSPS) is 12.9. The van der Waals surface area contributed by atoms with Gasteiger partial charge in [-0.15, -0.1) is 0 Å². The Morgan fingerprint density at radius 1 is 0.808 bits per heavy atom. The van der Waals surface area contributed by atoms with Crippen LogP contribution in [0, 0.1) is 0 Å². The number of furan rings is 1. The number of carboxylic acids is 1. The van der Waals surface area contributed by atoms with Crippen LogP contribution >= 0.6 is 0 Å². The average molecular weight is 344 g/mol. The van der Waals surface area contributed by atoms with Gasteiger partial charge < -0.3 is 9.52 Å². The molecule has 0 saturated heterocycles. The average Bonchev–Trinajstić information content (AvgIpc) is 3.13. The molecule has 0 fully saturated rings. The quantitative estimate of drug-likeness (QED) is 0.571. The van der Waals surface area contributed by atoms with Gasteiger partial charge in [-0.3, -0.25) is 9.59 Å². The Hall–Kier alpha value is -3.73. The van der Waals surface area contributed by atoms with Crippen molar-refractivity contribution in [1.29, 1.82) is 0 Å². The van der Waals surface area contributed by atoms with E-state index < -0.39 is 5.97 Å². The predicted molar refractivity (Wildman–Crippen MR) is 94.1 cm³/mol. The molecular formula is C21H12O5. The van der Waals surface area contributed by atoms with Crippen LogP contribution in [0.2, 0.25) is 0 Å². The molecule has 0 radical (unpaired) electrons. The minimum atomic E-state index is -1.09. The fourth-order valence-electron chi connectivity index (χ4n) is 3.09. The van der Waals surface area contributed by atoms with Gasteiger partial charge in [0.2, 0.25) is 0 Å². The lowest BCUT2D eigenvalue weighted by Crippen LogP contribution is -2.21. The summed E-state index contributed by atoms with van der Waals surface area (Å²) < 4.78 is 5.64. The summed E-state index contributed by atoms with van der Waals surface area (Å²) in [6.07, 6.45) is 2.29. The third-order valence-electron chi connectivity index (χ3n) is 4.23. The lowest BCUT2D eigenvalue weighted by Gasteiger charge is -2.19. The van der Waals surface area contributed by atoms with Crippen molar-refractivity contribution < 1.29 is 23.9 Å². The van der Waals surface area contributed by atoms with E-state index in [1.807, 2.05) is 0 Å². The number of aliphatic carboxylic acids is 1. The van der Waals surface area contributed by atoms with Gasteiger partial charge in [0.25, 0.3) is 0 Å². The maximum Gasteiger partial charge on any atom is 0.328 e. The molecule has 0 spiro atoms. The number of carbonyl (C=O) groups excluding carboxylic acids is 2. The molecule has 1 aromatic heterocycles. The van der Waals surface area contributed by atoms with Gasteiger partial charge in [-0.1, -0.05) is 42.5 Å². The summed E-state index contributed by atoms with van der Waals surface area (Å²) in [5.74, 6) is -0.778. The molecule has 0 atom stereocenters. The van der Waals surface area contributed by atoms with Crippen molar-refractivity contribution >= 4 is 23.6 Å². The molecule has 126 valence electrons. The van der Waals surface area contributed by atoms with Crippen molar-refractivity contribution in [3.63, 3.8) is 0 Å².